The Morgan fingerprint density at radius 2 is 2.00 bits per heavy atom. The predicted molar refractivity (Wildman–Crippen MR) is 82.6 cm³/mol. The Hall–Kier alpha value is -0.690. The first-order chi connectivity index (χ1) is 8.35. The molecule has 1 nitrogen and oxygen atoms in total. The van der Waals surface area contributed by atoms with Crippen LogP contribution in [0.15, 0.2) is 24.3 Å². The van der Waals surface area contributed by atoms with Gasteiger partial charge in [-0.05, 0) is 34.8 Å². The molecule has 0 unspecified atom stereocenters. The first-order valence-corrected chi connectivity index (χ1v) is 7.38. The first-order valence-electron chi connectivity index (χ1n) is 6.30. The molecule has 0 amide bonds. The van der Waals surface area contributed by atoms with Crippen LogP contribution in [0.4, 0.5) is 5.69 Å². The summed E-state index contributed by atoms with van der Waals surface area (Å²) in [6, 6.07) is 8.49. The zero-order valence-electron chi connectivity index (χ0n) is 10.2. The summed E-state index contributed by atoms with van der Waals surface area (Å²) in [6.07, 6.45) is 3.97. The van der Waals surface area contributed by atoms with E-state index in [9.17, 15) is 0 Å². The van der Waals surface area contributed by atoms with Crippen molar-refractivity contribution in [3.8, 4) is 9.85 Å². The van der Waals surface area contributed by atoms with Crippen molar-refractivity contribution in [2.75, 3.05) is 18.0 Å². The van der Waals surface area contributed by atoms with Crippen molar-refractivity contribution in [1.29, 1.82) is 0 Å². The third kappa shape index (κ3) is 3.16. The topological polar surface area (TPSA) is 3.24 Å². The van der Waals surface area contributed by atoms with Gasteiger partial charge in [0.2, 0.25) is 0 Å². The number of halogens is 1. The molecule has 2 rings (SSSR count). The van der Waals surface area contributed by atoms with Crippen LogP contribution in [0, 0.1) is 15.8 Å². The van der Waals surface area contributed by atoms with Crippen LogP contribution in [-0.2, 0) is 0 Å². The van der Waals surface area contributed by atoms with Gasteiger partial charge in [-0.1, -0.05) is 31.4 Å². The molecule has 1 aromatic rings. The number of piperidine rings is 1. The van der Waals surface area contributed by atoms with Crippen molar-refractivity contribution in [1.82, 2.24) is 0 Å². The van der Waals surface area contributed by atoms with Crippen LogP contribution in [0.25, 0.3) is 0 Å². The Morgan fingerprint density at radius 3 is 2.65 bits per heavy atom. The lowest BCUT2D eigenvalue weighted by Gasteiger charge is -2.33. The molecule has 0 radical (unpaired) electrons. The van der Waals surface area contributed by atoms with Gasteiger partial charge < -0.3 is 4.90 Å². The van der Waals surface area contributed by atoms with E-state index < -0.39 is 0 Å². The van der Waals surface area contributed by atoms with Crippen LogP contribution in [0.5, 0.6) is 0 Å². The van der Waals surface area contributed by atoms with Gasteiger partial charge in [-0.25, -0.2) is 0 Å². The van der Waals surface area contributed by atoms with Gasteiger partial charge in [-0.2, -0.15) is 0 Å². The molecular weight excluding hydrogens is 321 g/mol. The van der Waals surface area contributed by atoms with Crippen molar-refractivity contribution in [2.24, 2.45) is 5.92 Å². The largest absolute Gasteiger partial charge is 0.371 e. The Kier molecular flexibility index (Phi) is 4.73. The molecule has 0 aliphatic carbocycles. The summed E-state index contributed by atoms with van der Waals surface area (Å²) >= 11 is 2.11. The van der Waals surface area contributed by atoms with Crippen LogP contribution in [0.2, 0.25) is 0 Å². The maximum atomic E-state index is 3.19. The monoisotopic (exact) mass is 339 g/mol. The van der Waals surface area contributed by atoms with Gasteiger partial charge >= 0.3 is 0 Å². The fourth-order valence-electron chi connectivity index (χ4n) is 2.49. The fraction of sp³-hybridized carbons (Fsp3) is 0.467. The van der Waals surface area contributed by atoms with E-state index in [-0.39, 0.29) is 0 Å². The fourth-order valence-corrected chi connectivity index (χ4v) is 2.78. The summed E-state index contributed by atoms with van der Waals surface area (Å²) < 4.78 is 2.98. The zero-order valence-corrected chi connectivity index (χ0v) is 12.4. The molecule has 0 saturated carbocycles. The molecule has 0 bridgehead atoms. The molecule has 0 aromatic heterocycles. The van der Waals surface area contributed by atoms with E-state index in [0.29, 0.717) is 0 Å². The van der Waals surface area contributed by atoms with E-state index in [1.807, 2.05) is 0 Å². The standard InChI is InChI=1S/C15H18IN/c1-2-13-8-11-17(12-9-13)15-6-4-3-5-14(15)7-10-16/h3-6,13H,2,8-9,11-12H2,1H3. The lowest BCUT2D eigenvalue weighted by molar-refractivity contribution is 0.395. The number of nitrogens with zero attached hydrogens (tertiary/aromatic N) is 1. The van der Waals surface area contributed by atoms with Crippen molar-refractivity contribution in [2.45, 2.75) is 26.2 Å². The van der Waals surface area contributed by atoms with E-state index >= 15 is 0 Å². The first kappa shape index (κ1) is 12.8. The highest BCUT2D eigenvalue weighted by atomic mass is 127. The number of hydrogen-bond acceptors (Lipinski definition) is 1. The summed E-state index contributed by atoms with van der Waals surface area (Å²) in [5.41, 5.74) is 2.48. The van der Waals surface area contributed by atoms with Gasteiger partial charge in [0.1, 0.15) is 0 Å². The maximum Gasteiger partial charge on any atom is 0.0525 e. The van der Waals surface area contributed by atoms with Crippen molar-refractivity contribution < 1.29 is 0 Å². The average Bonchev–Trinajstić information content (AvgIpc) is 2.40. The molecule has 0 spiro atoms. The second-order valence-electron chi connectivity index (χ2n) is 4.58. The minimum atomic E-state index is 0.925. The summed E-state index contributed by atoms with van der Waals surface area (Å²) in [5, 5.41) is 0. The number of rotatable bonds is 2. The SMILES string of the molecule is CCC1CCN(c2ccccc2C#CI)CC1. The van der Waals surface area contributed by atoms with E-state index in [4.69, 9.17) is 0 Å². The highest BCUT2D eigenvalue weighted by molar-refractivity contribution is 14.1. The molecule has 1 fully saturated rings. The van der Waals surface area contributed by atoms with Gasteiger partial charge in [0.15, 0.2) is 0 Å². The molecule has 90 valence electrons. The van der Waals surface area contributed by atoms with Crippen LogP contribution < -0.4 is 4.90 Å². The summed E-state index contributed by atoms with van der Waals surface area (Å²) in [7, 11) is 0. The van der Waals surface area contributed by atoms with Crippen LogP contribution >= 0.6 is 22.6 Å². The molecule has 0 atom stereocenters. The normalized spacial score (nSPS) is 16.5. The van der Waals surface area contributed by atoms with Gasteiger partial charge in [0.25, 0.3) is 0 Å². The smallest absolute Gasteiger partial charge is 0.0525 e. The summed E-state index contributed by atoms with van der Waals surface area (Å²) in [6.45, 7) is 4.66. The number of anilines is 1. The Balaban J connectivity index is 2.14. The summed E-state index contributed by atoms with van der Waals surface area (Å²) in [5.74, 6) is 4.12. The van der Waals surface area contributed by atoms with Crippen LogP contribution in [0.1, 0.15) is 31.7 Å². The number of benzene rings is 1. The van der Waals surface area contributed by atoms with Gasteiger partial charge in [-0.15, -0.1) is 0 Å². The van der Waals surface area contributed by atoms with E-state index in [2.05, 4.69) is 68.5 Å². The van der Waals surface area contributed by atoms with E-state index in [0.717, 1.165) is 11.5 Å². The Morgan fingerprint density at radius 1 is 1.29 bits per heavy atom. The van der Waals surface area contributed by atoms with Crippen LogP contribution in [-0.4, -0.2) is 13.1 Å². The molecule has 1 heterocycles. The number of para-hydroxylation sites is 1. The second kappa shape index (κ2) is 6.30. The second-order valence-corrected chi connectivity index (χ2v) is 5.11. The van der Waals surface area contributed by atoms with E-state index in [1.165, 1.54) is 38.0 Å². The lowest BCUT2D eigenvalue weighted by atomic mass is 9.94. The zero-order chi connectivity index (χ0) is 12.1. The average molecular weight is 339 g/mol. The summed E-state index contributed by atoms with van der Waals surface area (Å²) in [4.78, 5) is 2.49. The molecule has 1 aromatic carbocycles. The Bertz CT molecular complexity index is 422. The maximum absolute atomic E-state index is 3.19. The minimum absolute atomic E-state index is 0.925. The molecule has 0 N–H and O–H groups in total. The molecule has 2 heteroatoms. The van der Waals surface area contributed by atoms with Crippen molar-refractivity contribution >= 4 is 28.3 Å². The third-order valence-electron chi connectivity index (χ3n) is 3.62. The molecule has 1 aliphatic heterocycles. The Labute approximate surface area is 118 Å². The van der Waals surface area contributed by atoms with Crippen LogP contribution in [0.3, 0.4) is 0 Å². The molecule has 1 aliphatic rings. The molecule has 17 heavy (non-hydrogen) atoms. The van der Waals surface area contributed by atoms with E-state index in [1.54, 1.807) is 0 Å². The van der Waals surface area contributed by atoms with Gasteiger partial charge in [0, 0.05) is 41.2 Å². The third-order valence-corrected chi connectivity index (χ3v) is 3.89. The highest BCUT2D eigenvalue weighted by Gasteiger charge is 2.19. The number of hydrogen-bond donors (Lipinski definition) is 0. The lowest BCUT2D eigenvalue weighted by Crippen LogP contribution is -2.33. The quantitative estimate of drug-likeness (QED) is 0.580. The van der Waals surface area contributed by atoms with Gasteiger partial charge in [-0.3, -0.25) is 0 Å². The predicted octanol–water partition coefficient (Wildman–Crippen LogP) is 4.06. The van der Waals surface area contributed by atoms with Crippen molar-refractivity contribution in [3.63, 3.8) is 0 Å². The minimum Gasteiger partial charge on any atom is -0.371 e. The molecular formula is C15H18IN. The van der Waals surface area contributed by atoms with Crippen molar-refractivity contribution in [3.05, 3.63) is 29.8 Å². The molecule has 1 saturated heterocycles. The van der Waals surface area contributed by atoms with Gasteiger partial charge in [0.05, 0.1) is 5.69 Å². The highest BCUT2D eigenvalue weighted by Crippen LogP contribution is 2.27.